The number of nitrogens with one attached hydrogen (secondary N) is 1. The third kappa shape index (κ3) is 3.67. The summed E-state index contributed by atoms with van der Waals surface area (Å²) in [6.07, 6.45) is 2.29. The van der Waals surface area contributed by atoms with Crippen LogP contribution in [0.3, 0.4) is 0 Å². The van der Waals surface area contributed by atoms with E-state index in [0.717, 1.165) is 19.4 Å². The number of carbonyl (C=O) groups excluding carboxylic acids is 1. The number of amides is 1. The van der Waals surface area contributed by atoms with Crippen LogP contribution in [-0.2, 0) is 16.6 Å². The Morgan fingerprint density at radius 3 is 3.24 bits per heavy atom. The van der Waals surface area contributed by atoms with E-state index in [1.807, 2.05) is 0 Å². The van der Waals surface area contributed by atoms with Gasteiger partial charge >= 0.3 is 0 Å². The second-order valence-corrected chi connectivity index (χ2v) is 4.76. The van der Waals surface area contributed by atoms with Crippen LogP contribution in [0.25, 0.3) is 0 Å². The molecule has 1 atom stereocenters. The molecule has 94 valence electrons. The van der Waals surface area contributed by atoms with Crippen LogP contribution in [0.1, 0.15) is 12.8 Å². The monoisotopic (exact) mass is 257 g/mol. The number of tetrazole rings is 1. The minimum Gasteiger partial charge on any atom is -0.376 e. The maximum Gasteiger partial charge on any atom is 0.230 e. The number of aromatic nitrogens is 4. The quantitative estimate of drug-likeness (QED) is 0.723. The smallest absolute Gasteiger partial charge is 0.230 e. The highest BCUT2D eigenvalue weighted by atomic mass is 32.2. The molecule has 8 heteroatoms. The fourth-order valence-electron chi connectivity index (χ4n) is 1.56. The van der Waals surface area contributed by atoms with Crippen LogP contribution in [0, 0.1) is 0 Å². The Bertz CT molecular complexity index is 377. The van der Waals surface area contributed by atoms with Crippen LogP contribution in [0.15, 0.2) is 5.16 Å². The van der Waals surface area contributed by atoms with E-state index in [0.29, 0.717) is 17.5 Å². The normalized spacial score (nSPS) is 19.5. The standard InChI is InChI=1S/C9H15N5O2S/c1-14-9(11-12-13-14)17-6-8(15)10-5-7-3-2-4-16-7/h7H,2-6H2,1H3,(H,10,15)/t7-/m0/s1. The lowest BCUT2D eigenvalue weighted by Crippen LogP contribution is -2.32. The van der Waals surface area contributed by atoms with Gasteiger partial charge in [-0.05, 0) is 23.3 Å². The molecule has 1 aromatic rings. The van der Waals surface area contributed by atoms with Crippen molar-refractivity contribution in [2.24, 2.45) is 7.05 Å². The van der Waals surface area contributed by atoms with Gasteiger partial charge in [-0.2, -0.15) is 0 Å². The van der Waals surface area contributed by atoms with Gasteiger partial charge in [0.05, 0.1) is 11.9 Å². The highest BCUT2D eigenvalue weighted by Gasteiger charge is 2.16. The van der Waals surface area contributed by atoms with Crippen LogP contribution >= 0.6 is 11.8 Å². The Balaban J connectivity index is 1.65. The number of ether oxygens (including phenoxy) is 1. The zero-order valence-electron chi connectivity index (χ0n) is 9.63. The number of rotatable bonds is 5. The minimum absolute atomic E-state index is 0.0199. The fourth-order valence-corrected chi connectivity index (χ4v) is 2.24. The summed E-state index contributed by atoms with van der Waals surface area (Å²) in [5.74, 6) is 0.300. The van der Waals surface area contributed by atoms with Gasteiger partial charge in [0, 0.05) is 20.2 Å². The van der Waals surface area contributed by atoms with Gasteiger partial charge in [-0.3, -0.25) is 4.79 Å². The number of nitrogens with zero attached hydrogens (tertiary/aromatic N) is 4. The molecule has 2 heterocycles. The molecule has 0 spiro atoms. The molecule has 1 aliphatic heterocycles. The lowest BCUT2D eigenvalue weighted by atomic mass is 10.2. The summed E-state index contributed by atoms with van der Waals surface area (Å²) in [6.45, 7) is 1.40. The molecule has 0 radical (unpaired) electrons. The summed E-state index contributed by atoms with van der Waals surface area (Å²) in [4.78, 5) is 11.5. The van der Waals surface area contributed by atoms with Gasteiger partial charge in [-0.25, -0.2) is 4.68 Å². The van der Waals surface area contributed by atoms with Gasteiger partial charge < -0.3 is 10.1 Å². The van der Waals surface area contributed by atoms with Crippen LogP contribution in [-0.4, -0.2) is 51.1 Å². The van der Waals surface area contributed by atoms with Gasteiger partial charge in [0.1, 0.15) is 0 Å². The van der Waals surface area contributed by atoms with E-state index in [1.165, 1.54) is 16.4 Å². The highest BCUT2D eigenvalue weighted by Crippen LogP contribution is 2.12. The first-order chi connectivity index (χ1) is 8.25. The van der Waals surface area contributed by atoms with Gasteiger partial charge in [0.15, 0.2) is 0 Å². The van der Waals surface area contributed by atoms with Crippen molar-refractivity contribution in [3.63, 3.8) is 0 Å². The molecule has 0 aliphatic carbocycles. The van der Waals surface area contributed by atoms with Crippen molar-refractivity contribution >= 4 is 17.7 Å². The molecule has 1 aliphatic rings. The van der Waals surface area contributed by atoms with Crippen molar-refractivity contribution < 1.29 is 9.53 Å². The zero-order valence-corrected chi connectivity index (χ0v) is 10.4. The van der Waals surface area contributed by atoms with E-state index in [2.05, 4.69) is 20.8 Å². The molecule has 0 unspecified atom stereocenters. The lowest BCUT2D eigenvalue weighted by Gasteiger charge is -2.10. The van der Waals surface area contributed by atoms with Crippen molar-refractivity contribution in [2.45, 2.75) is 24.1 Å². The molecule has 1 fully saturated rings. The third-order valence-electron chi connectivity index (χ3n) is 2.46. The molecule has 1 aromatic heterocycles. The van der Waals surface area contributed by atoms with E-state index in [-0.39, 0.29) is 12.0 Å². The van der Waals surface area contributed by atoms with Crippen molar-refractivity contribution in [2.75, 3.05) is 18.9 Å². The molecule has 7 nitrogen and oxygen atoms in total. The third-order valence-corrected chi connectivity index (χ3v) is 3.48. The van der Waals surface area contributed by atoms with Crippen LogP contribution in [0.5, 0.6) is 0 Å². The summed E-state index contributed by atoms with van der Waals surface area (Å²) < 4.78 is 6.95. The van der Waals surface area contributed by atoms with Gasteiger partial charge in [0.25, 0.3) is 0 Å². The second kappa shape index (κ2) is 5.97. The summed E-state index contributed by atoms with van der Waals surface area (Å²) in [5, 5.41) is 14.5. The summed E-state index contributed by atoms with van der Waals surface area (Å²) >= 11 is 1.32. The largest absolute Gasteiger partial charge is 0.376 e. The van der Waals surface area contributed by atoms with Crippen LogP contribution in [0.2, 0.25) is 0 Å². The average molecular weight is 257 g/mol. The number of carbonyl (C=O) groups is 1. The first kappa shape index (κ1) is 12.3. The van der Waals surface area contributed by atoms with E-state index in [9.17, 15) is 4.79 Å². The Morgan fingerprint density at radius 1 is 1.71 bits per heavy atom. The molecule has 1 N–H and O–H groups in total. The first-order valence-electron chi connectivity index (χ1n) is 5.49. The molecular formula is C9H15N5O2S. The highest BCUT2D eigenvalue weighted by molar-refractivity contribution is 7.99. The maximum atomic E-state index is 11.5. The molecule has 2 rings (SSSR count). The van der Waals surface area contributed by atoms with Gasteiger partial charge in [-0.1, -0.05) is 11.8 Å². The SMILES string of the molecule is Cn1nnnc1SCC(=O)NC[C@@H]1CCCO1. The predicted octanol–water partition coefficient (Wildman–Crippen LogP) is -0.403. The summed E-state index contributed by atoms with van der Waals surface area (Å²) in [5.41, 5.74) is 0. The van der Waals surface area contributed by atoms with E-state index < -0.39 is 0 Å². The summed E-state index contributed by atoms with van der Waals surface area (Å²) in [6, 6.07) is 0. The number of hydrogen-bond donors (Lipinski definition) is 1. The molecule has 0 saturated carbocycles. The Labute approximate surface area is 103 Å². The zero-order chi connectivity index (χ0) is 12.1. The Morgan fingerprint density at radius 2 is 2.59 bits per heavy atom. The number of hydrogen-bond acceptors (Lipinski definition) is 6. The molecule has 1 saturated heterocycles. The molecule has 0 bridgehead atoms. The molecule has 17 heavy (non-hydrogen) atoms. The van der Waals surface area contributed by atoms with Crippen molar-refractivity contribution in [1.29, 1.82) is 0 Å². The lowest BCUT2D eigenvalue weighted by molar-refractivity contribution is -0.119. The number of thioether (sulfide) groups is 1. The topological polar surface area (TPSA) is 81.9 Å². The van der Waals surface area contributed by atoms with Crippen molar-refractivity contribution in [3.05, 3.63) is 0 Å². The molecular weight excluding hydrogens is 242 g/mol. The Kier molecular flexibility index (Phi) is 4.32. The van der Waals surface area contributed by atoms with Crippen molar-refractivity contribution in [1.82, 2.24) is 25.5 Å². The van der Waals surface area contributed by atoms with Crippen LogP contribution in [0.4, 0.5) is 0 Å². The van der Waals surface area contributed by atoms with E-state index in [1.54, 1.807) is 7.05 Å². The van der Waals surface area contributed by atoms with Gasteiger partial charge in [0.2, 0.25) is 11.1 Å². The average Bonchev–Trinajstić information content (AvgIpc) is 2.95. The minimum atomic E-state index is -0.0199. The first-order valence-corrected chi connectivity index (χ1v) is 6.47. The summed E-state index contributed by atoms with van der Waals surface area (Å²) in [7, 11) is 1.74. The molecule has 0 aromatic carbocycles. The molecule has 1 amide bonds. The number of aryl methyl sites for hydroxylation is 1. The predicted molar refractivity (Wildman–Crippen MR) is 61.5 cm³/mol. The maximum absolute atomic E-state index is 11.5. The Hall–Kier alpha value is -1.15. The second-order valence-electron chi connectivity index (χ2n) is 3.81. The van der Waals surface area contributed by atoms with Crippen LogP contribution < -0.4 is 5.32 Å². The van der Waals surface area contributed by atoms with E-state index >= 15 is 0 Å². The van der Waals surface area contributed by atoms with E-state index in [4.69, 9.17) is 4.74 Å². The van der Waals surface area contributed by atoms with Crippen molar-refractivity contribution in [3.8, 4) is 0 Å². The van der Waals surface area contributed by atoms with Gasteiger partial charge in [-0.15, -0.1) is 5.10 Å². The fraction of sp³-hybridized carbons (Fsp3) is 0.778.